The number of benzene rings is 1. The molecule has 3 aromatic rings. The number of amides is 3. The summed E-state index contributed by atoms with van der Waals surface area (Å²) >= 11 is 4.25. The van der Waals surface area contributed by atoms with E-state index in [1.54, 1.807) is 36.0 Å². The second-order valence-corrected chi connectivity index (χ2v) is 8.32. The summed E-state index contributed by atoms with van der Waals surface area (Å²) in [6, 6.07) is 12.2. The Bertz CT molecular complexity index is 921. The van der Waals surface area contributed by atoms with Gasteiger partial charge in [-0.3, -0.25) is 15.4 Å². The van der Waals surface area contributed by atoms with E-state index in [-0.39, 0.29) is 11.9 Å². The maximum absolute atomic E-state index is 12.3. The first-order valence-electron chi connectivity index (χ1n) is 7.61. The molecular formula is C17H16N4O2S3. The zero-order valence-corrected chi connectivity index (χ0v) is 16.5. The Labute approximate surface area is 163 Å². The number of aryl methyl sites for hydroxylation is 1. The number of carbonyl (C=O) groups is 2. The summed E-state index contributed by atoms with van der Waals surface area (Å²) in [5, 5.41) is 9.41. The Morgan fingerprint density at radius 2 is 1.77 bits per heavy atom. The quantitative estimate of drug-likeness (QED) is 0.515. The molecular weight excluding hydrogens is 388 g/mol. The maximum Gasteiger partial charge on any atom is 0.324 e. The van der Waals surface area contributed by atoms with Crippen molar-refractivity contribution in [1.29, 1.82) is 0 Å². The van der Waals surface area contributed by atoms with Gasteiger partial charge >= 0.3 is 6.03 Å². The van der Waals surface area contributed by atoms with Gasteiger partial charge in [-0.1, -0.05) is 29.5 Å². The molecule has 26 heavy (non-hydrogen) atoms. The van der Waals surface area contributed by atoms with Crippen LogP contribution in [-0.4, -0.2) is 23.2 Å². The molecule has 0 bridgehead atoms. The number of nitrogens with zero attached hydrogens (tertiary/aromatic N) is 1. The number of anilines is 3. The van der Waals surface area contributed by atoms with Gasteiger partial charge in [-0.25, -0.2) is 9.78 Å². The van der Waals surface area contributed by atoms with Gasteiger partial charge in [0.2, 0.25) is 0 Å². The van der Waals surface area contributed by atoms with Gasteiger partial charge in [-0.15, -0.1) is 23.1 Å². The fraction of sp³-hybridized carbons (Fsp3) is 0.118. The molecule has 134 valence electrons. The van der Waals surface area contributed by atoms with Gasteiger partial charge in [0.1, 0.15) is 0 Å². The minimum Gasteiger partial charge on any atom is -0.308 e. The topological polar surface area (TPSA) is 83.1 Å². The van der Waals surface area contributed by atoms with E-state index in [0.29, 0.717) is 20.7 Å². The molecule has 0 aliphatic rings. The van der Waals surface area contributed by atoms with Crippen LogP contribution in [0.1, 0.15) is 15.4 Å². The van der Waals surface area contributed by atoms with Crippen LogP contribution in [0.2, 0.25) is 0 Å². The SMILES string of the molecule is CSc1sc(NC(=O)c2ccc(NC(=O)Nc3ccccc3)s2)nc1C. The van der Waals surface area contributed by atoms with Gasteiger partial charge in [0.05, 0.1) is 19.8 Å². The lowest BCUT2D eigenvalue weighted by Gasteiger charge is -2.05. The Balaban J connectivity index is 1.59. The Morgan fingerprint density at radius 1 is 1.00 bits per heavy atom. The van der Waals surface area contributed by atoms with E-state index < -0.39 is 0 Å². The van der Waals surface area contributed by atoms with Crippen LogP contribution in [-0.2, 0) is 0 Å². The number of para-hydroxylation sites is 1. The summed E-state index contributed by atoms with van der Waals surface area (Å²) in [6.07, 6.45) is 1.98. The van der Waals surface area contributed by atoms with Crippen molar-refractivity contribution in [2.24, 2.45) is 0 Å². The van der Waals surface area contributed by atoms with Crippen molar-refractivity contribution >= 4 is 62.2 Å². The van der Waals surface area contributed by atoms with Gasteiger partial charge in [-0.2, -0.15) is 0 Å². The zero-order valence-electron chi connectivity index (χ0n) is 14.0. The minimum absolute atomic E-state index is 0.243. The largest absolute Gasteiger partial charge is 0.324 e. The number of rotatable bonds is 5. The summed E-state index contributed by atoms with van der Waals surface area (Å²) in [6.45, 7) is 1.91. The minimum atomic E-state index is -0.356. The second kappa shape index (κ2) is 8.35. The second-order valence-electron chi connectivity index (χ2n) is 5.16. The third-order valence-corrected chi connectivity index (χ3v) is 6.54. The molecule has 0 aliphatic carbocycles. The molecule has 0 unspecified atom stereocenters. The molecule has 6 nitrogen and oxygen atoms in total. The number of hydrogen-bond acceptors (Lipinski definition) is 6. The van der Waals surface area contributed by atoms with Gasteiger partial charge in [-0.05, 0) is 37.4 Å². The summed E-state index contributed by atoms with van der Waals surface area (Å²) < 4.78 is 1.08. The highest BCUT2D eigenvalue weighted by Gasteiger charge is 2.14. The number of aromatic nitrogens is 1. The molecule has 2 heterocycles. The molecule has 2 aromatic heterocycles. The van der Waals surface area contributed by atoms with E-state index in [2.05, 4.69) is 20.9 Å². The Hall–Kier alpha value is -2.36. The number of carbonyl (C=O) groups excluding carboxylic acids is 2. The van der Waals surface area contributed by atoms with Crippen molar-refractivity contribution in [1.82, 2.24) is 4.98 Å². The van der Waals surface area contributed by atoms with Crippen LogP contribution in [0.25, 0.3) is 0 Å². The van der Waals surface area contributed by atoms with Crippen molar-refractivity contribution < 1.29 is 9.59 Å². The molecule has 0 spiro atoms. The monoisotopic (exact) mass is 404 g/mol. The number of hydrogen-bond donors (Lipinski definition) is 3. The smallest absolute Gasteiger partial charge is 0.308 e. The van der Waals surface area contributed by atoms with Crippen molar-refractivity contribution in [3.63, 3.8) is 0 Å². The predicted octanol–water partition coefficient (Wildman–Crippen LogP) is 5.13. The normalized spacial score (nSPS) is 10.4. The lowest BCUT2D eigenvalue weighted by atomic mass is 10.3. The highest BCUT2D eigenvalue weighted by atomic mass is 32.2. The third kappa shape index (κ3) is 4.63. The number of nitrogens with one attached hydrogen (secondary N) is 3. The van der Waals surface area contributed by atoms with Crippen LogP contribution in [0.3, 0.4) is 0 Å². The Morgan fingerprint density at radius 3 is 2.46 bits per heavy atom. The van der Waals surface area contributed by atoms with E-state index >= 15 is 0 Å². The highest BCUT2D eigenvalue weighted by molar-refractivity contribution is 8.00. The van der Waals surface area contributed by atoms with E-state index in [1.807, 2.05) is 31.4 Å². The summed E-state index contributed by atoms with van der Waals surface area (Å²) in [4.78, 5) is 29.2. The first kappa shape index (κ1) is 18.4. The lowest BCUT2D eigenvalue weighted by Crippen LogP contribution is -2.18. The molecule has 0 radical (unpaired) electrons. The lowest BCUT2D eigenvalue weighted by molar-refractivity contribution is 0.103. The average Bonchev–Trinajstić information content (AvgIpc) is 3.22. The fourth-order valence-electron chi connectivity index (χ4n) is 2.11. The zero-order chi connectivity index (χ0) is 18.5. The number of thiophene rings is 1. The van der Waals surface area contributed by atoms with Crippen LogP contribution >= 0.6 is 34.4 Å². The number of urea groups is 1. The van der Waals surface area contributed by atoms with Crippen molar-refractivity contribution in [2.75, 3.05) is 22.2 Å². The predicted molar refractivity (Wildman–Crippen MR) is 110 cm³/mol. The van der Waals surface area contributed by atoms with Crippen LogP contribution in [0.5, 0.6) is 0 Å². The van der Waals surface area contributed by atoms with Crippen LogP contribution in [0.15, 0.2) is 46.7 Å². The summed E-state index contributed by atoms with van der Waals surface area (Å²) in [5.74, 6) is -0.243. The molecule has 9 heteroatoms. The van der Waals surface area contributed by atoms with Crippen molar-refractivity contribution in [3.8, 4) is 0 Å². The van der Waals surface area contributed by atoms with Crippen molar-refractivity contribution in [3.05, 3.63) is 53.0 Å². The van der Waals surface area contributed by atoms with Crippen LogP contribution in [0, 0.1) is 6.92 Å². The van der Waals surface area contributed by atoms with Gasteiger partial charge in [0.15, 0.2) is 5.13 Å². The van der Waals surface area contributed by atoms with Crippen molar-refractivity contribution in [2.45, 2.75) is 11.1 Å². The molecule has 1 aromatic carbocycles. The molecule has 3 amide bonds. The number of thiazole rings is 1. The first-order chi connectivity index (χ1) is 12.5. The van der Waals surface area contributed by atoms with E-state index in [1.165, 1.54) is 22.7 Å². The third-order valence-electron chi connectivity index (χ3n) is 3.26. The van der Waals surface area contributed by atoms with Gasteiger partial charge < -0.3 is 5.32 Å². The molecule has 0 fully saturated rings. The summed E-state index contributed by atoms with van der Waals surface area (Å²) in [5.41, 5.74) is 1.60. The highest BCUT2D eigenvalue weighted by Crippen LogP contribution is 2.31. The molecule has 3 N–H and O–H groups in total. The first-order valence-corrected chi connectivity index (χ1v) is 10.5. The molecule has 0 saturated heterocycles. The average molecular weight is 405 g/mol. The van der Waals surface area contributed by atoms with Gasteiger partial charge in [0.25, 0.3) is 5.91 Å². The fourth-order valence-corrected chi connectivity index (χ4v) is 4.51. The summed E-state index contributed by atoms with van der Waals surface area (Å²) in [7, 11) is 0. The molecule has 3 rings (SSSR count). The molecule has 0 atom stereocenters. The van der Waals surface area contributed by atoms with Crippen LogP contribution in [0.4, 0.5) is 20.6 Å². The van der Waals surface area contributed by atoms with Crippen LogP contribution < -0.4 is 16.0 Å². The maximum atomic E-state index is 12.3. The molecule has 0 aliphatic heterocycles. The molecule has 0 saturated carbocycles. The van der Waals surface area contributed by atoms with E-state index in [4.69, 9.17) is 0 Å². The van der Waals surface area contributed by atoms with E-state index in [9.17, 15) is 9.59 Å². The van der Waals surface area contributed by atoms with E-state index in [0.717, 1.165) is 9.90 Å². The Kier molecular flexibility index (Phi) is 5.92. The standard InChI is InChI=1S/C17H16N4O2S3/c1-10-15(24-2)26-17(18-10)21-14(22)12-8-9-13(25-12)20-16(23)19-11-6-4-3-5-7-11/h3-9H,1-2H3,(H,18,21,22)(H2,19,20,23). The van der Waals surface area contributed by atoms with Gasteiger partial charge in [0, 0.05) is 5.69 Å². The number of thioether (sulfide) groups is 1.